The molecule has 2 aromatic heterocycles. The van der Waals surface area contributed by atoms with Crippen molar-refractivity contribution >= 4 is 49.3 Å². The Morgan fingerprint density at radius 3 is 1.94 bits per heavy atom. The second-order valence-electron chi connectivity index (χ2n) is 12.3. The molecule has 2 heterocycles. The van der Waals surface area contributed by atoms with Crippen molar-refractivity contribution in [3.05, 3.63) is 174 Å². The molecule has 0 unspecified atom stereocenters. The Morgan fingerprint density at radius 1 is 0.500 bits per heavy atom. The van der Waals surface area contributed by atoms with Gasteiger partial charge in [-0.05, 0) is 71.8 Å². The van der Waals surface area contributed by atoms with Crippen LogP contribution in [0.2, 0.25) is 0 Å². The Bertz CT molecular complexity index is 2920. The zero-order valence-corrected chi connectivity index (χ0v) is 26.7. The topological polar surface area (TPSA) is 61.8 Å². The van der Waals surface area contributed by atoms with E-state index in [2.05, 4.69) is 117 Å². The van der Waals surface area contributed by atoms with E-state index in [1.54, 1.807) is 0 Å². The first kappa shape index (κ1) is 28.8. The van der Waals surface area contributed by atoms with E-state index in [1.807, 2.05) is 60.7 Å². The Balaban J connectivity index is 1.30. The molecule has 9 aromatic rings. The summed E-state index contributed by atoms with van der Waals surface area (Å²) < 4.78 is 4.46. The number of para-hydroxylation sites is 3. The van der Waals surface area contributed by atoms with Crippen molar-refractivity contribution in [3.63, 3.8) is 0 Å². The van der Waals surface area contributed by atoms with E-state index < -0.39 is 0 Å². The van der Waals surface area contributed by atoms with Crippen LogP contribution in [0.25, 0.3) is 82.1 Å². The second-order valence-corrected chi connectivity index (χ2v) is 12.3. The third-order valence-corrected chi connectivity index (χ3v) is 9.60. The molecule has 0 radical (unpaired) electrons. The van der Waals surface area contributed by atoms with Crippen LogP contribution < -0.4 is 0 Å². The highest BCUT2D eigenvalue weighted by Gasteiger charge is 2.20. The Hall–Kier alpha value is -7.39. The van der Waals surface area contributed by atoms with E-state index >= 15 is 0 Å². The van der Waals surface area contributed by atoms with E-state index in [0.717, 1.165) is 66.5 Å². The lowest BCUT2D eigenvalue weighted by Crippen LogP contribution is -1.99. The quantitative estimate of drug-likeness (QED) is 0.181. The van der Waals surface area contributed by atoms with Crippen LogP contribution in [0, 0.1) is 29.2 Å². The minimum Gasteiger partial charge on any atom is -0.310 e. The predicted octanol–water partition coefficient (Wildman–Crippen LogP) is 11.5. The lowest BCUT2D eigenvalue weighted by Gasteiger charge is -2.18. The molecule has 0 amide bonds. The average molecular weight is 636 g/mol. The van der Waals surface area contributed by atoms with E-state index in [4.69, 9.17) is 6.57 Å². The summed E-state index contributed by atoms with van der Waals surface area (Å²) in [5, 5.41) is 24.5. The first-order valence-electron chi connectivity index (χ1n) is 16.3. The highest BCUT2D eigenvalue weighted by Crippen LogP contribution is 2.42. The molecule has 0 aliphatic heterocycles. The van der Waals surface area contributed by atoms with Gasteiger partial charge < -0.3 is 9.13 Å². The molecule has 0 aliphatic rings. The predicted molar refractivity (Wildman–Crippen MR) is 202 cm³/mol. The third kappa shape index (κ3) is 4.31. The molecule has 0 fully saturated rings. The van der Waals surface area contributed by atoms with Crippen molar-refractivity contribution in [2.75, 3.05) is 0 Å². The minimum atomic E-state index is 0.539. The standard InChI is InChI=1S/C45H25N5/c1-48-32-21-22-37-39-24-29(27-46)20-23-43(39)49(44(37)26-32)33-12-8-10-30(25-33)45-31(28-47)11-9-16-38(45)36-15-4-7-19-42(36)50-40-17-5-2-13-34(40)35-14-3-6-18-41(35)50/h2-26H. The van der Waals surface area contributed by atoms with Crippen LogP contribution >= 0.6 is 0 Å². The molecule has 0 bridgehead atoms. The fourth-order valence-electron chi connectivity index (χ4n) is 7.49. The van der Waals surface area contributed by atoms with Crippen LogP contribution in [0.1, 0.15) is 11.1 Å². The van der Waals surface area contributed by atoms with Crippen molar-refractivity contribution in [3.8, 4) is 45.8 Å². The van der Waals surface area contributed by atoms with Crippen LogP contribution in [0.5, 0.6) is 0 Å². The van der Waals surface area contributed by atoms with Gasteiger partial charge in [-0.25, -0.2) is 4.85 Å². The summed E-state index contributed by atoms with van der Waals surface area (Å²) in [5.41, 5.74) is 11.4. The van der Waals surface area contributed by atoms with Crippen LogP contribution in [0.15, 0.2) is 152 Å². The van der Waals surface area contributed by atoms with Crippen molar-refractivity contribution in [2.45, 2.75) is 0 Å². The van der Waals surface area contributed by atoms with Gasteiger partial charge in [0.15, 0.2) is 5.69 Å². The first-order chi connectivity index (χ1) is 24.7. The maximum atomic E-state index is 10.5. The lowest BCUT2D eigenvalue weighted by molar-refractivity contribution is 1.18. The molecule has 0 atom stereocenters. The fraction of sp³-hybridized carbons (Fsp3) is 0. The molecule has 0 spiro atoms. The van der Waals surface area contributed by atoms with Gasteiger partial charge in [-0.15, -0.1) is 0 Å². The second kappa shape index (κ2) is 11.4. The molecule has 5 nitrogen and oxygen atoms in total. The zero-order chi connectivity index (χ0) is 33.8. The minimum absolute atomic E-state index is 0.539. The number of fused-ring (bicyclic) bond motifs is 6. The summed E-state index contributed by atoms with van der Waals surface area (Å²) in [6, 6.07) is 55.6. The lowest BCUT2D eigenvalue weighted by atomic mass is 9.90. The average Bonchev–Trinajstić information content (AvgIpc) is 3.69. The van der Waals surface area contributed by atoms with E-state index in [-0.39, 0.29) is 0 Å². The highest BCUT2D eigenvalue weighted by atomic mass is 15.0. The van der Waals surface area contributed by atoms with Gasteiger partial charge in [-0.3, -0.25) is 0 Å². The van der Waals surface area contributed by atoms with E-state index in [9.17, 15) is 10.5 Å². The Morgan fingerprint density at radius 2 is 1.18 bits per heavy atom. The first-order valence-corrected chi connectivity index (χ1v) is 16.3. The summed E-state index contributed by atoms with van der Waals surface area (Å²) >= 11 is 0. The van der Waals surface area contributed by atoms with Crippen LogP contribution in [0.3, 0.4) is 0 Å². The van der Waals surface area contributed by atoms with Crippen molar-refractivity contribution in [1.82, 2.24) is 9.13 Å². The van der Waals surface area contributed by atoms with Gasteiger partial charge in [0.05, 0.1) is 52.1 Å². The molecule has 5 heteroatoms. The van der Waals surface area contributed by atoms with Gasteiger partial charge in [0.1, 0.15) is 0 Å². The molecule has 0 N–H and O–H groups in total. The van der Waals surface area contributed by atoms with Gasteiger partial charge >= 0.3 is 0 Å². The van der Waals surface area contributed by atoms with E-state index in [1.165, 1.54) is 10.8 Å². The van der Waals surface area contributed by atoms with Gasteiger partial charge in [-0.1, -0.05) is 91.0 Å². The zero-order valence-electron chi connectivity index (χ0n) is 26.7. The Labute approximate surface area is 288 Å². The summed E-state index contributed by atoms with van der Waals surface area (Å²) in [6.07, 6.45) is 0. The van der Waals surface area contributed by atoms with E-state index in [0.29, 0.717) is 16.8 Å². The molecule has 0 saturated heterocycles. The summed E-state index contributed by atoms with van der Waals surface area (Å²) in [6.45, 7) is 7.69. The molecule has 0 aliphatic carbocycles. The van der Waals surface area contributed by atoms with Crippen molar-refractivity contribution in [2.24, 2.45) is 0 Å². The van der Waals surface area contributed by atoms with Gasteiger partial charge in [-0.2, -0.15) is 10.5 Å². The fourth-order valence-corrected chi connectivity index (χ4v) is 7.49. The van der Waals surface area contributed by atoms with Crippen molar-refractivity contribution < 1.29 is 0 Å². The summed E-state index contributed by atoms with van der Waals surface area (Å²) in [5.74, 6) is 0. The molecular formula is C45H25N5. The summed E-state index contributed by atoms with van der Waals surface area (Å²) in [7, 11) is 0. The van der Waals surface area contributed by atoms with Crippen LogP contribution in [-0.2, 0) is 0 Å². The summed E-state index contributed by atoms with van der Waals surface area (Å²) in [4.78, 5) is 3.71. The number of hydrogen-bond donors (Lipinski definition) is 0. The Kier molecular flexibility index (Phi) is 6.56. The maximum absolute atomic E-state index is 10.5. The third-order valence-electron chi connectivity index (χ3n) is 9.60. The van der Waals surface area contributed by atoms with Crippen LogP contribution in [-0.4, -0.2) is 9.13 Å². The molecule has 50 heavy (non-hydrogen) atoms. The normalized spacial score (nSPS) is 11.1. The largest absolute Gasteiger partial charge is 0.310 e. The number of nitrogens with zero attached hydrogens (tertiary/aromatic N) is 5. The molecule has 0 saturated carbocycles. The maximum Gasteiger partial charge on any atom is 0.189 e. The van der Waals surface area contributed by atoms with Gasteiger partial charge in [0, 0.05) is 43.9 Å². The highest BCUT2D eigenvalue weighted by molar-refractivity contribution is 6.11. The monoisotopic (exact) mass is 635 g/mol. The number of benzene rings is 7. The molecule has 7 aromatic carbocycles. The molecule has 9 rings (SSSR count). The number of nitriles is 2. The number of hydrogen-bond acceptors (Lipinski definition) is 2. The molecular weight excluding hydrogens is 611 g/mol. The smallest absolute Gasteiger partial charge is 0.189 e. The SMILES string of the molecule is [C-]#[N+]c1ccc2c3cc(C#N)ccc3n(-c3cccc(-c4c(C#N)cccc4-c4ccccc4-n4c5ccccc5c5ccccc54)c3)c2c1. The van der Waals surface area contributed by atoms with Gasteiger partial charge in [0.2, 0.25) is 0 Å². The number of rotatable bonds is 4. The van der Waals surface area contributed by atoms with Gasteiger partial charge in [0.25, 0.3) is 0 Å². The number of aromatic nitrogens is 2. The van der Waals surface area contributed by atoms with Crippen LogP contribution in [0.4, 0.5) is 5.69 Å². The van der Waals surface area contributed by atoms with Crippen molar-refractivity contribution in [1.29, 1.82) is 10.5 Å². The molecule has 230 valence electrons.